The number of nitrogens with one attached hydrogen (secondary N) is 1. The number of amides is 1. The van der Waals surface area contributed by atoms with Crippen LogP contribution in [0.5, 0.6) is 0 Å². The first kappa shape index (κ1) is 17.5. The molecule has 25 heavy (non-hydrogen) atoms. The van der Waals surface area contributed by atoms with Crippen molar-refractivity contribution in [3.05, 3.63) is 30.6 Å². The maximum absolute atomic E-state index is 12.3. The molecule has 0 atom stereocenters. The highest BCUT2D eigenvalue weighted by molar-refractivity contribution is 7.88. The summed E-state index contributed by atoms with van der Waals surface area (Å²) in [7, 11) is -3.19. The van der Waals surface area contributed by atoms with Crippen molar-refractivity contribution in [2.45, 2.75) is 19.8 Å². The molecule has 2 aromatic heterocycles. The van der Waals surface area contributed by atoms with Crippen molar-refractivity contribution in [2.24, 2.45) is 5.92 Å². The molecule has 0 bridgehead atoms. The Bertz CT molecular complexity index is 854. The molecule has 0 saturated carbocycles. The van der Waals surface area contributed by atoms with Gasteiger partial charge in [-0.3, -0.25) is 9.36 Å². The maximum atomic E-state index is 12.3. The fraction of sp³-hybridized carbons (Fsp3) is 0.467. The highest BCUT2D eigenvalue weighted by Crippen LogP contribution is 2.21. The van der Waals surface area contributed by atoms with E-state index in [1.165, 1.54) is 10.6 Å². The molecule has 0 unspecified atom stereocenters. The Morgan fingerprint density at radius 3 is 2.36 bits per heavy atom. The van der Waals surface area contributed by atoms with Crippen LogP contribution in [0.15, 0.2) is 24.8 Å². The van der Waals surface area contributed by atoms with Gasteiger partial charge in [0, 0.05) is 31.4 Å². The summed E-state index contributed by atoms with van der Waals surface area (Å²) in [6, 6.07) is 0. The second-order valence-electron chi connectivity index (χ2n) is 6.04. The summed E-state index contributed by atoms with van der Waals surface area (Å²) >= 11 is 0. The molecule has 0 aromatic carbocycles. The first-order valence-corrected chi connectivity index (χ1v) is 9.78. The van der Waals surface area contributed by atoms with Crippen molar-refractivity contribution in [1.29, 1.82) is 0 Å². The fourth-order valence-corrected chi connectivity index (χ4v) is 3.67. The van der Waals surface area contributed by atoms with Crippen LogP contribution in [0.4, 0.5) is 5.69 Å². The maximum Gasteiger partial charge on any atom is 0.235 e. The summed E-state index contributed by atoms with van der Waals surface area (Å²) < 4.78 is 26.2. The fourth-order valence-electron chi connectivity index (χ4n) is 2.79. The third-order valence-electron chi connectivity index (χ3n) is 4.24. The zero-order valence-corrected chi connectivity index (χ0v) is 14.9. The van der Waals surface area contributed by atoms with Crippen LogP contribution in [0.1, 0.15) is 18.7 Å². The number of carbonyl (C=O) groups excluding carboxylic acids is 1. The summed E-state index contributed by atoms with van der Waals surface area (Å²) in [5, 5.41) is 2.80. The predicted molar refractivity (Wildman–Crippen MR) is 91.7 cm³/mol. The Kier molecular flexibility index (Phi) is 4.82. The van der Waals surface area contributed by atoms with Crippen LogP contribution in [0.2, 0.25) is 0 Å². The molecule has 1 N–H and O–H groups in total. The first-order valence-electron chi connectivity index (χ1n) is 7.93. The number of nitrogens with zero attached hydrogens (tertiary/aromatic N) is 5. The summed E-state index contributed by atoms with van der Waals surface area (Å²) in [4.78, 5) is 24.9. The third-order valence-corrected chi connectivity index (χ3v) is 5.54. The van der Waals surface area contributed by atoms with Crippen LogP contribution in [-0.2, 0) is 14.8 Å². The van der Waals surface area contributed by atoms with Gasteiger partial charge in [0.05, 0.1) is 24.3 Å². The van der Waals surface area contributed by atoms with Crippen molar-refractivity contribution in [2.75, 3.05) is 24.7 Å². The molecule has 134 valence electrons. The number of aromatic nitrogens is 4. The Labute approximate surface area is 146 Å². The van der Waals surface area contributed by atoms with Gasteiger partial charge in [0.25, 0.3) is 0 Å². The second kappa shape index (κ2) is 6.89. The lowest BCUT2D eigenvalue weighted by molar-refractivity contribution is -0.120. The third kappa shape index (κ3) is 4.02. The van der Waals surface area contributed by atoms with Crippen LogP contribution in [-0.4, -0.2) is 57.5 Å². The van der Waals surface area contributed by atoms with Crippen molar-refractivity contribution in [3.8, 4) is 5.95 Å². The molecule has 9 nitrogen and oxygen atoms in total. The zero-order valence-electron chi connectivity index (χ0n) is 14.1. The van der Waals surface area contributed by atoms with Gasteiger partial charge >= 0.3 is 0 Å². The van der Waals surface area contributed by atoms with E-state index in [1.807, 2.05) is 6.92 Å². The molecule has 1 aliphatic rings. The minimum Gasteiger partial charge on any atom is -0.323 e. The standard InChI is InChI=1S/C15H20N6O3S/c1-11-16-5-8-21(11)15-17-9-13(10-18-15)19-14(22)12-3-6-20(7-4-12)25(2,23)24/h5,8-10,12H,3-4,6-7H2,1-2H3,(H,19,22). The van der Waals surface area contributed by atoms with E-state index in [1.54, 1.807) is 29.4 Å². The van der Waals surface area contributed by atoms with Gasteiger partial charge in [-0.15, -0.1) is 0 Å². The van der Waals surface area contributed by atoms with Crippen LogP contribution in [0, 0.1) is 12.8 Å². The summed E-state index contributed by atoms with van der Waals surface area (Å²) in [6.07, 6.45) is 8.72. The SMILES string of the molecule is Cc1nccn1-c1ncc(NC(=O)C2CCN(S(C)(=O)=O)CC2)cn1. The molecule has 1 fully saturated rings. The summed E-state index contributed by atoms with van der Waals surface area (Å²) in [5.74, 6) is 0.903. The molecule has 1 aliphatic heterocycles. The smallest absolute Gasteiger partial charge is 0.235 e. The lowest BCUT2D eigenvalue weighted by atomic mass is 9.97. The Morgan fingerprint density at radius 1 is 1.20 bits per heavy atom. The number of imidazole rings is 1. The van der Waals surface area contributed by atoms with E-state index >= 15 is 0 Å². The molecular formula is C15H20N6O3S. The van der Waals surface area contributed by atoms with Gasteiger partial charge < -0.3 is 5.32 Å². The molecule has 3 rings (SSSR count). The van der Waals surface area contributed by atoms with Gasteiger partial charge in [0.1, 0.15) is 5.82 Å². The van der Waals surface area contributed by atoms with E-state index in [-0.39, 0.29) is 11.8 Å². The van der Waals surface area contributed by atoms with Gasteiger partial charge in [-0.25, -0.2) is 27.7 Å². The van der Waals surface area contributed by atoms with Crippen molar-refractivity contribution < 1.29 is 13.2 Å². The number of anilines is 1. The largest absolute Gasteiger partial charge is 0.323 e. The monoisotopic (exact) mass is 364 g/mol. The zero-order chi connectivity index (χ0) is 18.0. The first-order chi connectivity index (χ1) is 11.8. The Balaban J connectivity index is 1.60. The minimum absolute atomic E-state index is 0.136. The molecule has 1 saturated heterocycles. The number of carbonyl (C=O) groups is 1. The van der Waals surface area contributed by atoms with Crippen LogP contribution in [0.25, 0.3) is 5.95 Å². The quantitative estimate of drug-likeness (QED) is 0.850. The van der Waals surface area contributed by atoms with Gasteiger partial charge in [-0.2, -0.15) is 0 Å². The molecule has 0 radical (unpaired) electrons. The van der Waals surface area contributed by atoms with E-state index in [2.05, 4.69) is 20.3 Å². The highest BCUT2D eigenvalue weighted by atomic mass is 32.2. The lowest BCUT2D eigenvalue weighted by Gasteiger charge is -2.29. The lowest BCUT2D eigenvalue weighted by Crippen LogP contribution is -2.40. The number of sulfonamides is 1. The van der Waals surface area contributed by atoms with Crippen LogP contribution in [0.3, 0.4) is 0 Å². The average molecular weight is 364 g/mol. The minimum atomic E-state index is -3.19. The van der Waals surface area contributed by atoms with Crippen molar-refractivity contribution in [1.82, 2.24) is 23.8 Å². The Hall–Kier alpha value is -2.33. The highest BCUT2D eigenvalue weighted by Gasteiger charge is 2.29. The van der Waals surface area contributed by atoms with Crippen molar-refractivity contribution >= 4 is 21.6 Å². The number of hydrogen-bond acceptors (Lipinski definition) is 6. The number of hydrogen-bond donors (Lipinski definition) is 1. The molecular weight excluding hydrogens is 344 g/mol. The van der Waals surface area contributed by atoms with E-state index in [0.29, 0.717) is 37.6 Å². The summed E-state index contributed by atoms with van der Waals surface area (Å²) in [6.45, 7) is 2.58. The molecule has 1 amide bonds. The normalized spacial score (nSPS) is 16.7. The molecule has 0 spiro atoms. The van der Waals surface area contributed by atoms with Gasteiger partial charge in [0.2, 0.25) is 21.9 Å². The van der Waals surface area contributed by atoms with Crippen LogP contribution >= 0.6 is 0 Å². The number of aryl methyl sites for hydroxylation is 1. The predicted octanol–water partition coefficient (Wildman–Crippen LogP) is 0.581. The Morgan fingerprint density at radius 2 is 1.84 bits per heavy atom. The number of piperidine rings is 1. The molecule has 2 aromatic rings. The van der Waals surface area contributed by atoms with Crippen LogP contribution < -0.4 is 5.32 Å². The van der Waals surface area contributed by atoms with E-state index < -0.39 is 10.0 Å². The topological polar surface area (TPSA) is 110 Å². The van der Waals surface area contributed by atoms with Gasteiger partial charge in [0.15, 0.2) is 0 Å². The number of rotatable bonds is 4. The average Bonchev–Trinajstić information content (AvgIpc) is 3.01. The second-order valence-corrected chi connectivity index (χ2v) is 8.02. The van der Waals surface area contributed by atoms with Crippen molar-refractivity contribution in [3.63, 3.8) is 0 Å². The molecule has 3 heterocycles. The molecule has 10 heteroatoms. The van der Waals surface area contributed by atoms with Gasteiger partial charge in [-0.1, -0.05) is 0 Å². The van der Waals surface area contributed by atoms with E-state index in [4.69, 9.17) is 0 Å². The van der Waals surface area contributed by atoms with E-state index in [0.717, 1.165) is 5.82 Å². The van der Waals surface area contributed by atoms with Gasteiger partial charge in [-0.05, 0) is 19.8 Å². The molecule has 0 aliphatic carbocycles. The summed E-state index contributed by atoms with van der Waals surface area (Å²) in [5.41, 5.74) is 0.511. The van der Waals surface area contributed by atoms with E-state index in [9.17, 15) is 13.2 Å².